The fraction of sp³-hybridized carbons (Fsp3) is 0.405. The van der Waals surface area contributed by atoms with Crippen LogP contribution in [0.15, 0.2) is 60.9 Å². The third-order valence-corrected chi connectivity index (χ3v) is 8.90. The molecule has 52 heavy (non-hydrogen) atoms. The molecule has 2 amide bonds. The van der Waals surface area contributed by atoms with Crippen LogP contribution in [0.4, 0.5) is 34.9 Å². The number of aryl methyl sites for hydroxylation is 1. The molecule has 0 bridgehead atoms. The first-order valence-electron chi connectivity index (χ1n) is 17.9. The van der Waals surface area contributed by atoms with Gasteiger partial charge < -0.3 is 35.4 Å². The molecule has 274 valence electrons. The van der Waals surface area contributed by atoms with E-state index < -0.39 is 0 Å². The zero-order valence-electron chi connectivity index (χ0n) is 30.4. The lowest BCUT2D eigenvalue weighted by molar-refractivity contribution is 0.0981. The van der Waals surface area contributed by atoms with Crippen LogP contribution in [-0.2, 0) is 6.42 Å². The van der Waals surface area contributed by atoms with Crippen LogP contribution >= 0.6 is 0 Å². The van der Waals surface area contributed by atoms with Gasteiger partial charge >= 0.3 is 0 Å². The van der Waals surface area contributed by atoms with E-state index in [2.05, 4.69) is 48.5 Å². The Labute approximate surface area is 304 Å². The number of amides is 2. The summed E-state index contributed by atoms with van der Waals surface area (Å²) < 4.78 is 5.88. The molecule has 0 atom stereocenters. The van der Waals surface area contributed by atoms with Crippen molar-refractivity contribution in [3.05, 3.63) is 77.6 Å². The molecule has 2 aliphatic rings. The Balaban J connectivity index is 1.13. The lowest BCUT2D eigenvalue weighted by Gasteiger charge is -2.25. The maximum absolute atomic E-state index is 14.0. The number of carbonyl (C=O) groups is 2. The molecular formula is C37H48N12O3. The van der Waals surface area contributed by atoms with E-state index in [-0.39, 0.29) is 11.8 Å². The molecule has 0 fully saturated rings. The largest absolute Gasteiger partial charge is 0.492 e. The van der Waals surface area contributed by atoms with E-state index in [1.165, 1.54) is 0 Å². The van der Waals surface area contributed by atoms with Gasteiger partial charge in [0.05, 0.1) is 6.54 Å². The molecule has 4 aromatic rings. The lowest BCUT2D eigenvalue weighted by Crippen LogP contribution is -2.43. The zero-order valence-corrected chi connectivity index (χ0v) is 30.4. The maximum Gasteiger partial charge on any atom is 0.263 e. The van der Waals surface area contributed by atoms with Gasteiger partial charge in [0.25, 0.3) is 11.8 Å². The highest BCUT2D eigenvalue weighted by Gasteiger charge is 2.30. The van der Waals surface area contributed by atoms with Gasteiger partial charge in [-0.2, -0.15) is 9.97 Å². The zero-order chi connectivity index (χ0) is 36.5. The quantitative estimate of drug-likeness (QED) is 0.133. The number of nitrogens with zero attached hydrogens (tertiary/aromatic N) is 8. The van der Waals surface area contributed by atoms with E-state index in [4.69, 9.17) is 9.72 Å². The van der Waals surface area contributed by atoms with Gasteiger partial charge in [0.2, 0.25) is 11.9 Å². The first-order valence-corrected chi connectivity index (χ1v) is 17.9. The van der Waals surface area contributed by atoms with Crippen LogP contribution in [0.5, 0.6) is 5.75 Å². The van der Waals surface area contributed by atoms with Crippen molar-refractivity contribution in [3.63, 3.8) is 0 Å². The molecule has 0 aliphatic carbocycles. The monoisotopic (exact) mass is 708 g/mol. The van der Waals surface area contributed by atoms with Crippen molar-refractivity contribution in [2.75, 3.05) is 103 Å². The molecule has 2 aliphatic heterocycles. The summed E-state index contributed by atoms with van der Waals surface area (Å²) in [5.74, 6) is 2.56. The van der Waals surface area contributed by atoms with Gasteiger partial charge in [-0.1, -0.05) is 18.2 Å². The fourth-order valence-electron chi connectivity index (χ4n) is 6.23. The van der Waals surface area contributed by atoms with Crippen molar-refractivity contribution < 1.29 is 14.3 Å². The number of carbonyl (C=O) groups excluding carboxylic acids is 2. The average Bonchev–Trinajstić information content (AvgIpc) is 3.37. The number of hydrogen-bond acceptors (Lipinski definition) is 13. The molecule has 15 nitrogen and oxygen atoms in total. The standard InChI is InChI=1S/C37H48N12O3/c1-5-39-36-41-24-30-32(44-36)46(4)17-18-47(34(30)50)27-12-7-10-26(22-27)11-9-15-43-49-20-19-48(28-13-8-14-29(23-28)52-21-16-38-3)35(51)31-25-42-37(40-6-2)45-33(31)49/h7-8,10,12-14,22-25,38,43H,5-6,9,11,15-21H2,1-4H3,(H,39,41,44)(H,40,42,45). The van der Waals surface area contributed by atoms with E-state index >= 15 is 0 Å². The summed E-state index contributed by atoms with van der Waals surface area (Å²) in [5.41, 5.74) is 7.15. The second-order valence-electron chi connectivity index (χ2n) is 12.5. The fourth-order valence-corrected chi connectivity index (χ4v) is 6.23. The highest BCUT2D eigenvalue weighted by Crippen LogP contribution is 2.29. The number of likely N-dealkylation sites (N-methyl/N-ethyl adjacent to an activating group) is 2. The number of ether oxygens (including phenoxy) is 1. The van der Waals surface area contributed by atoms with Gasteiger partial charge in [0, 0.05) is 82.7 Å². The van der Waals surface area contributed by atoms with Crippen LogP contribution in [0.1, 0.15) is 46.5 Å². The summed E-state index contributed by atoms with van der Waals surface area (Å²) >= 11 is 0. The third-order valence-electron chi connectivity index (χ3n) is 8.90. The minimum absolute atomic E-state index is 0.114. The molecule has 0 radical (unpaired) electrons. The highest BCUT2D eigenvalue weighted by atomic mass is 16.5. The Bertz CT molecular complexity index is 1860. The third kappa shape index (κ3) is 8.32. The van der Waals surface area contributed by atoms with Crippen molar-refractivity contribution in [3.8, 4) is 5.75 Å². The van der Waals surface area contributed by atoms with Gasteiger partial charge in [-0.15, -0.1) is 0 Å². The Kier molecular flexibility index (Phi) is 11.9. The number of benzene rings is 2. The van der Waals surface area contributed by atoms with Gasteiger partial charge in [-0.25, -0.2) is 15.4 Å². The van der Waals surface area contributed by atoms with Crippen LogP contribution in [0.2, 0.25) is 0 Å². The van der Waals surface area contributed by atoms with Gasteiger partial charge in [-0.3, -0.25) is 14.6 Å². The number of aromatic nitrogens is 4. The van der Waals surface area contributed by atoms with Crippen molar-refractivity contribution >= 4 is 46.7 Å². The Morgan fingerprint density at radius 3 is 2.10 bits per heavy atom. The molecule has 0 unspecified atom stereocenters. The molecular weight excluding hydrogens is 660 g/mol. The second-order valence-corrected chi connectivity index (χ2v) is 12.5. The predicted molar refractivity (Wildman–Crippen MR) is 205 cm³/mol. The number of rotatable bonds is 15. The first-order chi connectivity index (χ1) is 25.4. The minimum Gasteiger partial charge on any atom is -0.492 e. The van der Waals surface area contributed by atoms with E-state index in [1.807, 2.05) is 79.1 Å². The summed E-state index contributed by atoms with van der Waals surface area (Å²) in [4.78, 5) is 51.4. The summed E-state index contributed by atoms with van der Waals surface area (Å²) in [6.07, 6.45) is 4.81. The summed E-state index contributed by atoms with van der Waals surface area (Å²) in [6, 6.07) is 15.7. The number of nitrogens with one attached hydrogen (secondary N) is 4. The summed E-state index contributed by atoms with van der Waals surface area (Å²) in [6.45, 7) is 9.31. The Morgan fingerprint density at radius 1 is 0.769 bits per heavy atom. The molecule has 0 spiro atoms. The normalized spacial score (nSPS) is 14.5. The molecule has 6 rings (SSSR count). The van der Waals surface area contributed by atoms with Crippen LogP contribution in [-0.4, -0.2) is 105 Å². The van der Waals surface area contributed by atoms with E-state index in [9.17, 15) is 9.59 Å². The number of fused-ring (bicyclic) bond motifs is 2. The van der Waals surface area contributed by atoms with Crippen LogP contribution < -0.4 is 45.8 Å². The van der Waals surface area contributed by atoms with E-state index in [1.54, 1.807) is 17.3 Å². The van der Waals surface area contributed by atoms with Gasteiger partial charge in [0.15, 0.2) is 5.82 Å². The summed E-state index contributed by atoms with van der Waals surface area (Å²) in [7, 11) is 3.83. The molecule has 0 saturated carbocycles. The minimum atomic E-state index is -0.173. The Hall–Kier alpha value is -5.54. The number of anilines is 6. The average molecular weight is 709 g/mol. The number of hydrazine groups is 1. The molecule has 4 heterocycles. The first kappa shape index (κ1) is 36.3. The number of hydrogen-bond donors (Lipinski definition) is 4. The molecule has 0 saturated heterocycles. The molecule has 2 aromatic carbocycles. The smallest absolute Gasteiger partial charge is 0.263 e. The molecule has 15 heteroatoms. The maximum atomic E-state index is 14.0. The highest BCUT2D eigenvalue weighted by molar-refractivity contribution is 6.10. The van der Waals surface area contributed by atoms with E-state index in [0.717, 1.165) is 36.3 Å². The van der Waals surface area contributed by atoms with Gasteiger partial charge in [0.1, 0.15) is 29.3 Å². The molecule has 2 aromatic heterocycles. The van der Waals surface area contributed by atoms with Crippen molar-refractivity contribution in [2.24, 2.45) is 0 Å². The van der Waals surface area contributed by atoms with Crippen molar-refractivity contribution in [1.29, 1.82) is 0 Å². The van der Waals surface area contributed by atoms with Crippen LogP contribution in [0, 0.1) is 0 Å². The topological polar surface area (TPSA) is 156 Å². The van der Waals surface area contributed by atoms with Crippen molar-refractivity contribution in [2.45, 2.75) is 26.7 Å². The lowest BCUT2D eigenvalue weighted by atomic mass is 10.1. The Morgan fingerprint density at radius 2 is 1.40 bits per heavy atom. The van der Waals surface area contributed by atoms with E-state index in [0.29, 0.717) is 92.8 Å². The molecule has 4 N–H and O–H groups in total. The predicted octanol–water partition coefficient (Wildman–Crippen LogP) is 3.43. The summed E-state index contributed by atoms with van der Waals surface area (Å²) in [5, 5.41) is 11.3. The second kappa shape index (κ2) is 17.1. The van der Waals surface area contributed by atoms with Crippen molar-refractivity contribution in [1.82, 2.24) is 30.7 Å². The SMILES string of the molecule is CCNc1ncc2c(n1)N(C)CCN(c1cccc(CCCNN3CCN(c4cccc(OCCNC)c4)C(=O)c4cnc(NCC)nc43)c1)C2=O. The van der Waals surface area contributed by atoms with Gasteiger partial charge in [-0.05, 0) is 63.6 Å². The van der Waals surface area contributed by atoms with Crippen LogP contribution in [0.25, 0.3) is 0 Å². The van der Waals surface area contributed by atoms with Crippen LogP contribution in [0.3, 0.4) is 0 Å².